The van der Waals surface area contributed by atoms with Gasteiger partial charge in [0.1, 0.15) is 5.82 Å². The van der Waals surface area contributed by atoms with Gasteiger partial charge in [-0.15, -0.1) is 0 Å². The van der Waals surface area contributed by atoms with Gasteiger partial charge in [0.25, 0.3) is 11.8 Å². The molecule has 0 aliphatic heterocycles. The predicted octanol–water partition coefficient (Wildman–Crippen LogP) is 6.14. The maximum Gasteiger partial charge on any atom is 0.416 e. The van der Waals surface area contributed by atoms with Gasteiger partial charge < -0.3 is 21.7 Å². The van der Waals surface area contributed by atoms with Crippen LogP contribution < -0.4 is 21.7 Å². The van der Waals surface area contributed by atoms with E-state index in [1.54, 1.807) is 56.3 Å². The topological polar surface area (TPSA) is 109 Å². The molecule has 0 aromatic heterocycles. The number of benzene rings is 3. The van der Waals surface area contributed by atoms with Gasteiger partial charge in [-0.3, -0.25) is 9.59 Å². The molecule has 0 fully saturated rings. The van der Waals surface area contributed by atoms with Gasteiger partial charge in [0.15, 0.2) is 0 Å². The second kappa shape index (κ2) is 11.9. The van der Waals surface area contributed by atoms with E-state index in [1.165, 1.54) is 18.3 Å². The fourth-order valence-electron chi connectivity index (χ4n) is 3.32. The second-order valence-electron chi connectivity index (χ2n) is 8.22. The zero-order valence-corrected chi connectivity index (χ0v) is 20.7. The molecule has 0 heterocycles. The summed E-state index contributed by atoms with van der Waals surface area (Å²) in [5, 5.41) is 8.26. The number of nitrogens with two attached hydrogens (primary N) is 1. The highest BCUT2D eigenvalue weighted by Crippen LogP contribution is 2.29. The van der Waals surface area contributed by atoms with Crippen LogP contribution in [0.15, 0.2) is 95.9 Å². The number of hydrogen-bond donors (Lipinski definition) is 4. The molecule has 38 heavy (non-hydrogen) atoms. The quantitative estimate of drug-likeness (QED) is 0.211. The average Bonchev–Trinajstić information content (AvgIpc) is 2.87. The monoisotopic (exact) mass is 521 g/mol. The third kappa shape index (κ3) is 7.57. The van der Waals surface area contributed by atoms with E-state index < -0.39 is 23.6 Å². The number of carbonyl (C=O) groups excluding carboxylic acids is 2. The molecule has 0 spiro atoms. The molecule has 196 valence electrons. The molecule has 0 radical (unpaired) electrons. The van der Waals surface area contributed by atoms with E-state index in [9.17, 15) is 22.8 Å². The van der Waals surface area contributed by atoms with Gasteiger partial charge in [-0.05, 0) is 67.9 Å². The van der Waals surface area contributed by atoms with Gasteiger partial charge in [0.05, 0.1) is 17.5 Å². The normalized spacial score (nSPS) is 11.8. The first-order valence-corrected chi connectivity index (χ1v) is 11.4. The number of rotatable bonds is 8. The molecule has 10 heteroatoms. The van der Waals surface area contributed by atoms with Crippen molar-refractivity contribution in [1.82, 2.24) is 5.32 Å². The number of hydrogen-bond acceptors (Lipinski definition) is 5. The zero-order valence-electron chi connectivity index (χ0n) is 20.7. The fraction of sp³-hybridized carbons (Fsp3) is 0.107. The van der Waals surface area contributed by atoms with Crippen molar-refractivity contribution in [3.8, 4) is 0 Å². The lowest BCUT2D eigenvalue weighted by Crippen LogP contribution is -2.24. The Labute approximate surface area is 218 Å². The first-order chi connectivity index (χ1) is 18.0. The molecular formula is C28H26F3N5O2. The SMILES string of the molecule is C=C(/N=C\C(=C/C)NC(=O)c1cc(NC(=O)c2cccc(C(F)(F)F)c2)ccc1C)Nc1cccc(N)c1. The van der Waals surface area contributed by atoms with E-state index in [4.69, 9.17) is 5.73 Å². The van der Waals surface area contributed by atoms with Crippen molar-refractivity contribution in [3.05, 3.63) is 113 Å². The molecule has 0 atom stereocenters. The van der Waals surface area contributed by atoms with Crippen LogP contribution in [0.1, 0.15) is 38.8 Å². The highest BCUT2D eigenvalue weighted by Gasteiger charge is 2.30. The summed E-state index contributed by atoms with van der Waals surface area (Å²) >= 11 is 0. The summed E-state index contributed by atoms with van der Waals surface area (Å²) in [6.07, 6.45) is -1.50. The fourth-order valence-corrected chi connectivity index (χ4v) is 3.32. The van der Waals surface area contributed by atoms with Crippen molar-refractivity contribution < 1.29 is 22.8 Å². The Bertz CT molecular complexity index is 1430. The largest absolute Gasteiger partial charge is 0.416 e. The first kappa shape index (κ1) is 27.7. The Balaban J connectivity index is 1.69. The Hall–Kier alpha value is -4.86. The van der Waals surface area contributed by atoms with Crippen molar-refractivity contribution >= 4 is 35.1 Å². The lowest BCUT2D eigenvalue weighted by atomic mass is 10.1. The van der Waals surface area contributed by atoms with E-state index in [0.29, 0.717) is 28.5 Å². The van der Waals surface area contributed by atoms with E-state index in [1.807, 2.05) is 0 Å². The van der Waals surface area contributed by atoms with Gasteiger partial charge in [-0.2, -0.15) is 13.2 Å². The van der Waals surface area contributed by atoms with Gasteiger partial charge in [-0.1, -0.05) is 30.9 Å². The van der Waals surface area contributed by atoms with Crippen molar-refractivity contribution in [3.63, 3.8) is 0 Å². The van der Waals surface area contributed by atoms with Gasteiger partial charge in [-0.25, -0.2) is 4.99 Å². The molecule has 7 nitrogen and oxygen atoms in total. The van der Waals surface area contributed by atoms with E-state index in [0.717, 1.165) is 18.2 Å². The molecule has 3 aromatic rings. The van der Waals surface area contributed by atoms with Crippen LogP contribution >= 0.6 is 0 Å². The van der Waals surface area contributed by atoms with Crippen LogP contribution in [0, 0.1) is 6.92 Å². The lowest BCUT2D eigenvalue weighted by Gasteiger charge is -2.12. The van der Waals surface area contributed by atoms with Crippen LogP contribution in [-0.2, 0) is 6.18 Å². The number of allylic oxidation sites excluding steroid dienone is 2. The summed E-state index contributed by atoms with van der Waals surface area (Å²) in [4.78, 5) is 29.7. The van der Waals surface area contributed by atoms with Gasteiger partial charge >= 0.3 is 6.18 Å². The third-order valence-corrected chi connectivity index (χ3v) is 5.30. The molecule has 0 saturated carbocycles. The number of nitrogen functional groups attached to an aromatic ring is 1. The number of carbonyl (C=O) groups is 2. The summed E-state index contributed by atoms with van der Waals surface area (Å²) in [5.41, 5.74) is 7.48. The Kier molecular flexibility index (Phi) is 8.69. The summed E-state index contributed by atoms with van der Waals surface area (Å²) < 4.78 is 39.0. The summed E-state index contributed by atoms with van der Waals surface area (Å²) in [5.74, 6) is -0.884. The summed E-state index contributed by atoms with van der Waals surface area (Å²) in [6, 6.07) is 15.8. The highest BCUT2D eigenvalue weighted by atomic mass is 19.4. The van der Waals surface area contributed by atoms with E-state index >= 15 is 0 Å². The van der Waals surface area contributed by atoms with E-state index in [2.05, 4.69) is 27.5 Å². The maximum atomic E-state index is 13.0. The lowest BCUT2D eigenvalue weighted by molar-refractivity contribution is -0.137. The van der Waals surface area contributed by atoms with Gasteiger partial charge in [0, 0.05) is 28.2 Å². The number of alkyl halides is 3. The second-order valence-corrected chi connectivity index (χ2v) is 8.22. The number of halogens is 3. The Morgan fingerprint density at radius 2 is 1.66 bits per heavy atom. The van der Waals surface area contributed by atoms with Crippen LogP contribution in [0.3, 0.4) is 0 Å². The smallest absolute Gasteiger partial charge is 0.399 e. The maximum absolute atomic E-state index is 13.0. The molecular weight excluding hydrogens is 495 g/mol. The molecule has 0 aliphatic carbocycles. The minimum Gasteiger partial charge on any atom is -0.399 e. The minimum atomic E-state index is -4.57. The molecule has 2 amide bonds. The molecule has 5 N–H and O–H groups in total. The molecule has 0 unspecified atom stereocenters. The van der Waals surface area contributed by atoms with E-state index in [-0.39, 0.29) is 16.8 Å². The summed E-state index contributed by atoms with van der Waals surface area (Å²) in [7, 11) is 0. The third-order valence-electron chi connectivity index (χ3n) is 5.30. The van der Waals surface area contributed by atoms with Crippen LogP contribution in [0.25, 0.3) is 0 Å². The first-order valence-electron chi connectivity index (χ1n) is 11.4. The number of anilines is 3. The molecule has 3 rings (SSSR count). The average molecular weight is 522 g/mol. The number of nitrogens with one attached hydrogen (secondary N) is 3. The van der Waals surface area contributed by atoms with Crippen molar-refractivity contribution in [2.24, 2.45) is 4.99 Å². The Morgan fingerprint density at radius 1 is 0.947 bits per heavy atom. The number of amides is 2. The molecule has 3 aromatic carbocycles. The van der Waals surface area contributed by atoms with Crippen molar-refractivity contribution in [2.45, 2.75) is 20.0 Å². The number of aryl methyl sites for hydroxylation is 1. The standard InChI is InChI=1S/C28H26F3N5O2/c1-4-22(16-33-18(3)34-23-10-6-9-21(32)14-23)35-27(38)25-15-24(12-11-17(25)2)36-26(37)19-7-5-8-20(13-19)28(29,30)31/h4-16,34H,3,32H2,1-2H3,(H,35,38)(H,36,37)/b22-4+,33-16-. The molecule has 0 bridgehead atoms. The number of aliphatic imine (C=N–C) groups is 1. The van der Waals surface area contributed by atoms with Crippen LogP contribution in [0.5, 0.6) is 0 Å². The van der Waals surface area contributed by atoms with Crippen molar-refractivity contribution in [1.29, 1.82) is 0 Å². The summed E-state index contributed by atoms with van der Waals surface area (Å²) in [6.45, 7) is 7.26. The van der Waals surface area contributed by atoms with Crippen molar-refractivity contribution in [2.75, 3.05) is 16.4 Å². The van der Waals surface area contributed by atoms with Gasteiger partial charge in [0.2, 0.25) is 0 Å². The van der Waals surface area contributed by atoms with Crippen LogP contribution in [0.2, 0.25) is 0 Å². The predicted molar refractivity (Wildman–Crippen MR) is 144 cm³/mol. The highest BCUT2D eigenvalue weighted by molar-refractivity contribution is 6.06. The Morgan fingerprint density at radius 3 is 2.34 bits per heavy atom. The number of nitrogens with zero attached hydrogens (tertiary/aromatic N) is 1. The molecule has 0 saturated heterocycles. The zero-order chi connectivity index (χ0) is 27.9. The minimum absolute atomic E-state index is 0.161. The van der Waals surface area contributed by atoms with Crippen LogP contribution in [-0.4, -0.2) is 18.0 Å². The molecule has 0 aliphatic rings. The van der Waals surface area contributed by atoms with Crippen LogP contribution in [0.4, 0.5) is 30.2 Å².